The number of halogens is 1. The van der Waals surface area contributed by atoms with Gasteiger partial charge in [-0.15, -0.1) is 0 Å². The van der Waals surface area contributed by atoms with Gasteiger partial charge in [0.15, 0.2) is 0 Å². The second kappa shape index (κ2) is 4.09. The Morgan fingerprint density at radius 2 is 2.27 bits per heavy atom. The lowest BCUT2D eigenvalue weighted by Crippen LogP contribution is -2.40. The zero-order valence-corrected chi connectivity index (χ0v) is 9.30. The van der Waals surface area contributed by atoms with Crippen molar-refractivity contribution < 1.29 is 14.0 Å². The van der Waals surface area contributed by atoms with Crippen LogP contribution in [0.15, 0.2) is 0 Å². The van der Waals surface area contributed by atoms with Crippen molar-refractivity contribution in [2.24, 2.45) is 0 Å². The summed E-state index contributed by atoms with van der Waals surface area (Å²) in [7, 11) is 1.82. The molecule has 15 heavy (non-hydrogen) atoms. The second-order valence-electron chi connectivity index (χ2n) is 3.99. The summed E-state index contributed by atoms with van der Waals surface area (Å²) in [6.45, 7) is 0.732. The SMILES string of the molecule is CN1C[C@H](F)C[C@H]1CN1C(=O)CSC1=O. The van der Waals surface area contributed by atoms with Gasteiger partial charge in [-0.3, -0.25) is 19.4 Å². The first-order valence-electron chi connectivity index (χ1n) is 4.89. The predicted octanol–water partition coefficient (Wildman–Crippen LogP) is 0.724. The summed E-state index contributed by atoms with van der Waals surface area (Å²) in [5.41, 5.74) is 0. The maximum absolute atomic E-state index is 13.1. The summed E-state index contributed by atoms with van der Waals surface area (Å²) in [5.74, 6) is 0.0784. The minimum absolute atomic E-state index is 0.0217. The zero-order valence-electron chi connectivity index (χ0n) is 8.48. The lowest BCUT2D eigenvalue weighted by molar-refractivity contribution is -0.125. The van der Waals surface area contributed by atoms with Gasteiger partial charge in [0.25, 0.3) is 5.24 Å². The van der Waals surface area contributed by atoms with E-state index in [0.717, 1.165) is 11.8 Å². The van der Waals surface area contributed by atoms with Gasteiger partial charge in [0, 0.05) is 19.1 Å². The number of thioether (sulfide) groups is 1. The highest BCUT2D eigenvalue weighted by molar-refractivity contribution is 8.14. The normalized spacial score (nSPS) is 33.1. The number of carbonyl (C=O) groups is 2. The highest BCUT2D eigenvalue weighted by atomic mass is 32.2. The summed E-state index contributed by atoms with van der Waals surface area (Å²) in [5, 5.41) is -0.198. The molecule has 2 aliphatic heterocycles. The predicted molar refractivity (Wildman–Crippen MR) is 55.5 cm³/mol. The van der Waals surface area contributed by atoms with Crippen molar-refractivity contribution in [2.45, 2.75) is 18.6 Å². The molecule has 0 aromatic heterocycles. The maximum Gasteiger partial charge on any atom is 0.288 e. The molecule has 2 saturated heterocycles. The average Bonchev–Trinajstić information content (AvgIpc) is 2.63. The molecule has 6 heteroatoms. The minimum Gasteiger partial charge on any atom is -0.299 e. The lowest BCUT2D eigenvalue weighted by Gasteiger charge is -2.23. The number of nitrogens with zero attached hydrogens (tertiary/aromatic N) is 2. The molecule has 2 aliphatic rings. The van der Waals surface area contributed by atoms with Crippen LogP contribution in [0, 0.1) is 0 Å². The first-order valence-corrected chi connectivity index (χ1v) is 5.88. The Morgan fingerprint density at radius 1 is 1.53 bits per heavy atom. The molecule has 0 radical (unpaired) electrons. The molecule has 2 heterocycles. The van der Waals surface area contributed by atoms with Crippen LogP contribution in [0.1, 0.15) is 6.42 Å². The third-order valence-corrected chi connectivity index (χ3v) is 3.73. The van der Waals surface area contributed by atoms with Crippen molar-refractivity contribution in [1.82, 2.24) is 9.80 Å². The van der Waals surface area contributed by atoms with Gasteiger partial charge in [0.2, 0.25) is 5.91 Å². The quantitative estimate of drug-likeness (QED) is 0.703. The van der Waals surface area contributed by atoms with Gasteiger partial charge in [-0.25, -0.2) is 4.39 Å². The molecule has 0 aliphatic carbocycles. The molecule has 0 saturated carbocycles. The van der Waals surface area contributed by atoms with Crippen molar-refractivity contribution in [3.8, 4) is 0 Å². The number of rotatable bonds is 2. The largest absolute Gasteiger partial charge is 0.299 e. The van der Waals surface area contributed by atoms with Crippen LogP contribution < -0.4 is 0 Å². The number of carbonyl (C=O) groups excluding carboxylic acids is 2. The van der Waals surface area contributed by atoms with Crippen LogP contribution in [0.25, 0.3) is 0 Å². The summed E-state index contributed by atoms with van der Waals surface area (Å²) in [6, 6.07) is -0.0217. The summed E-state index contributed by atoms with van der Waals surface area (Å²) in [4.78, 5) is 25.8. The van der Waals surface area contributed by atoms with Crippen molar-refractivity contribution in [1.29, 1.82) is 0 Å². The number of alkyl halides is 1. The Bertz CT molecular complexity index is 284. The van der Waals surface area contributed by atoms with E-state index in [-0.39, 0.29) is 22.9 Å². The zero-order chi connectivity index (χ0) is 11.0. The number of amides is 2. The van der Waals surface area contributed by atoms with Crippen LogP contribution in [0.4, 0.5) is 9.18 Å². The van der Waals surface area contributed by atoms with Crippen LogP contribution in [-0.4, -0.2) is 59.0 Å². The van der Waals surface area contributed by atoms with Gasteiger partial charge in [-0.2, -0.15) is 0 Å². The van der Waals surface area contributed by atoms with E-state index in [2.05, 4.69) is 0 Å². The fraction of sp³-hybridized carbons (Fsp3) is 0.778. The van der Waals surface area contributed by atoms with Crippen molar-refractivity contribution >= 4 is 22.9 Å². The molecular formula is C9H13FN2O2S. The summed E-state index contributed by atoms with van der Waals surface area (Å²) < 4.78 is 13.1. The van der Waals surface area contributed by atoms with E-state index in [4.69, 9.17) is 0 Å². The molecule has 0 spiro atoms. The highest BCUT2D eigenvalue weighted by Crippen LogP contribution is 2.24. The van der Waals surface area contributed by atoms with Gasteiger partial charge >= 0.3 is 0 Å². The lowest BCUT2D eigenvalue weighted by atomic mass is 10.2. The van der Waals surface area contributed by atoms with E-state index < -0.39 is 6.17 Å². The Kier molecular flexibility index (Phi) is 2.97. The van der Waals surface area contributed by atoms with Crippen LogP contribution >= 0.6 is 11.8 Å². The Hall–Kier alpha value is -0.620. The number of likely N-dealkylation sites (N-methyl/N-ethyl adjacent to an activating group) is 1. The van der Waals surface area contributed by atoms with Gasteiger partial charge in [-0.05, 0) is 13.5 Å². The van der Waals surface area contributed by atoms with Crippen LogP contribution in [0.2, 0.25) is 0 Å². The number of imide groups is 1. The Labute approximate surface area is 91.8 Å². The van der Waals surface area contributed by atoms with E-state index in [1.807, 2.05) is 11.9 Å². The summed E-state index contributed by atoms with van der Waals surface area (Å²) in [6.07, 6.45) is -0.418. The molecule has 0 aromatic rings. The van der Waals surface area contributed by atoms with E-state index in [1.165, 1.54) is 4.90 Å². The maximum atomic E-state index is 13.1. The smallest absolute Gasteiger partial charge is 0.288 e. The van der Waals surface area contributed by atoms with Gasteiger partial charge in [0.1, 0.15) is 6.17 Å². The minimum atomic E-state index is -0.833. The fourth-order valence-corrected chi connectivity index (χ4v) is 2.73. The van der Waals surface area contributed by atoms with E-state index in [0.29, 0.717) is 19.5 Å². The van der Waals surface area contributed by atoms with Crippen LogP contribution in [-0.2, 0) is 4.79 Å². The topological polar surface area (TPSA) is 40.6 Å². The molecule has 2 amide bonds. The van der Waals surface area contributed by atoms with Crippen LogP contribution in [0.3, 0.4) is 0 Å². The molecule has 0 aromatic carbocycles. The van der Waals surface area contributed by atoms with Crippen molar-refractivity contribution in [2.75, 3.05) is 25.9 Å². The molecule has 2 atom stereocenters. The number of hydrogen-bond donors (Lipinski definition) is 0. The van der Waals surface area contributed by atoms with Crippen LogP contribution in [0.5, 0.6) is 0 Å². The monoisotopic (exact) mass is 232 g/mol. The molecule has 0 bridgehead atoms. The molecule has 2 rings (SSSR count). The Balaban J connectivity index is 1.96. The number of likely N-dealkylation sites (tertiary alicyclic amines) is 1. The molecule has 0 N–H and O–H groups in total. The first kappa shape index (κ1) is 10.9. The van der Waals surface area contributed by atoms with Crippen molar-refractivity contribution in [3.05, 3.63) is 0 Å². The van der Waals surface area contributed by atoms with Gasteiger partial charge < -0.3 is 0 Å². The highest BCUT2D eigenvalue weighted by Gasteiger charge is 2.36. The third kappa shape index (κ3) is 2.15. The third-order valence-electron chi connectivity index (χ3n) is 2.87. The summed E-state index contributed by atoms with van der Waals surface area (Å²) >= 11 is 1.02. The molecular weight excluding hydrogens is 219 g/mol. The van der Waals surface area contributed by atoms with Crippen molar-refractivity contribution in [3.63, 3.8) is 0 Å². The fourth-order valence-electron chi connectivity index (χ4n) is 1.99. The van der Waals surface area contributed by atoms with Gasteiger partial charge in [0.05, 0.1) is 5.75 Å². The van der Waals surface area contributed by atoms with Gasteiger partial charge in [-0.1, -0.05) is 11.8 Å². The van der Waals surface area contributed by atoms with E-state index in [1.54, 1.807) is 0 Å². The second-order valence-corrected chi connectivity index (χ2v) is 4.91. The molecule has 0 unspecified atom stereocenters. The number of hydrogen-bond acceptors (Lipinski definition) is 4. The van der Waals surface area contributed by atoms with E-state index in [9.17, 15) is 14.0 Å². The Morgan fingerprint density at radius 3 is 2.73 bits per heavy atom. The average molecular weight is 232 g/mol. The molecule has 4 nitrogen and oxygen atoms in total. The molecule has 2 fully saturated rings. The van der Waals surface area contributed by atoms with E-state index >= 15 is 0 Å². The standard InChI is InChI=1S/C9H13FN2O2S/c1-11-3-6(10)2-7(11)4-12-8(13)5-15-9(12)14/h6-7H,2-5H2,1H3/t6-,7+/m1/s1. The molecule has 84 valence electrons. The first-order chi connectivity index (χ1) is 7.08.